The van der Waals surface area contributed by atoms with Crippen LogP contribution in [0.2, 0.25) is 0 Å². The van der Waals surface area contributed by atoms with Crippen LogP contribution in [0.15, 0.2) is 57.8 Å². The monoisotopic (exact) mass is 478 g/mol. The van der Waals surface area contributed by atoms with Gasteiger partial charge in [-0.3, -0.25) is 4.98 Å². The van der Waals surface area contributed by atoms with Gasteiger partial charge in [-0.1, -0.05) is 18.2 Å². The molecule has 2 aliphatic rings. The Kier molecular flexibility index (Phi) is 5.00. The van der Waals surface area contributed by atoms with Crippen LogP contribution in [0.4, 0.5) is 0 Å². The molecule has 1 saturated heterocycles. The van der Waals surface area contributed by atoms with Crippen LogP contribution in [0, 0.1) is 6.92 Å². The zero-order valence-electron chi connectivity index (χ0n) is 18.5. The van der Waals surface area contributed by atoms with Crippen LogP contribution in [0.3, 0.4) is 0 Å². The van der Waals surface area contributed by atoms with Gasteiger partial charge in [0.2, 0.25) is 28.6 Å². The van der Waals surface area contributed by atoms with Crippen LogP contribution in [0.1, 0.15) is 30.3 Å². The summed E-state index contributed by atoms with van der Waals surface area (Å²) < 4.78 is 45.5. The molecule has 9 nitrogen and oxygen atoms in total. The molecule has 6 rings (SSSR count). The first-order chi connectivity index (χ1) is 16.5. The SMILES string of the molecule is Cc1ccc2cccc(S(=O)(=O)N3CCCC(c4nnc(-c5ccc6c(c5)OCO6)o4)C3)c2n1. The van der Waals surface area contributed by atoms with Crippen LogP contribution in [-0.4, -0.2) is 47.8 Å². The lowest BCUT2D eigenvalue weighted by molar-refractivity contribution is 0.174. The van der Waals surface area contributed by atoms with Crippen molar-refractivity contribution in [1.82, 2.24) is 19.5 Å². The van der Waals surface area contributed by atoms with Crippen molar-refractivity contribution in [3.05, 3.63) is 60.1 Å². The van der Waals surface area contributed by atoms with Crippen LogP contribution in [-0.2, 0) is 10.0 Å². The highest BCUT2D eigenvalue weighted by Crippen LogP contribution is 2.37. The third-order valence-electron chi connectivity index (χ3n) is 6.23. The van der Waals surface area contributed by atoms with Crippen molar-refractivity contribution in [3.63, 3.8) is 0 Å². The van der Waals surface area contributed by atoms with Gasteiger partial charge in [0.1, 0.15) is 4.90 Å². The first-order valence-electron chi connectivity index (χ1n) is 11.1. The summed E-state index contributed by atoms with van der Waals surface area (Å²) in [6, 6.07) is 14.5. The normalized spacial score (nSPS) is 18.4. The first-order valence-corrected chi connectivity index (χ1v) is 12.5. The number of fused-ring (bicyclic) bond motifs is 2. The summed E-state index contributed by atoms with van der Waals surface area (Å²) in [6.45, 7) is 2.75. The summed E-state index contributed by atoms with van der Waals surface area (Å²) in [5.74, 6) is 1.91. The van der Waals surface area contributed by atoms with Gasteiger partial charge in [-0.2, -0.15) is 4.31 Å². The van der Waals surface area contributed by atoms with Crippen molar-refractivity contribution in [2.75, 3.05) is 19.9 Å². The highest BCUT2D eigenvalue weighted by molar-refractivity contribution is 7.89. The van der Waals surface area contributed by atoms with Gasteiger partial charge in [0.15, 0.2) is 11.5 Å². The summed E-state index contributed by atoms with van der Waals surface area (Å²) >= 11 is 0. The Labute approximate surface area is 196 Å². The van der Waals surface area contributed by atoms with E-state index in [0.717, 1.165) is 23.1 Å². The molecule has 0 amide bonds. The molecule has 1 fully saturated rings. The van der Waals surface area contributed by atoms with E-state index in [0.29, 0.717) is 41.8 Å². The highest BCUT2D eigenvalue weighted by atomic mass is 32.2. The quantitative estimate of drug-likeness (QED) is 0.435. The summed E-state index contributed by atoms with van der Waals surface area (Å²) in [7, 11) is -3.75. The Balaban J connectivity index is 1.28. The van der Waals surface area contributed by atoms with E-state index in [4.69, 9.17) is 13.9 Å². The second-order valence-electron chi connectivity index (χ2n) is 8.50. The fraction of sp³-hybridized carbons (Fsp3) is 0.292. The summed E-state index contributed by atoms with van der Waals surface area (Å²) in [6.07, 6.45) is 1.46. The van der Waals surface area contributed by atoms with Crippen molar-refractivity contribution in [3.8, 4) is 23.0 Å². The Morgan fingerprint density at radius 1 is 1.03 bits per heavy atom. The van der Waals surface area contributed by atoms with E-state index >= 15 is 0 Å². The van der Waals surface area contributed by atoms with Crippen molar-refractivity contribution >= 4 is 20.9 Å². The third-order valence-corrected chi connectivity index (χ3v) is 8.13. The zero-order chi connectivity index (χ0) is 23.3. The lowest BCUT2D eigenvalue weighted by atomic mass is 10.00. The topological polar surface area (TPSA) is 108 Å². The van der Waals surface area contributed by atoms with Crippen molar-refractivity contribution in [2.24, 2.45) is 0 Å². The number of ether oxygens (including phenoxy) is 2. The lowest BCUT2D eigenvalue weighted by Gasteiger charge is -2.30. The Hall–Kier alpha value is -3.50. The molecule has 0 spiro atoms. The minimum absolute atomic E-state index is 0.187. The maximum absolute atomic E-state index is 13.6. The molecule has 1 atom stereocenters. The van der Waals surface area contributed by atoms with Crippen LogP contribution >= 0.6 is 0 Å². The van der Waals surface area contributed by atoms with Crippen molar-refractivity contribution < 1.29 is 22.3 Å². The second-order valence-corrected chi connectivity index (χ2v) is 10.4. The number of rotatable bonds is 4. The van der Waals surface area contributed by atoms with Gasteiger partial charge in [-0.05, 0) is 50.1 Å². The largest absolute Gasteiger partial charge is 0.454 e. The number of nitrogens with zero attached hydrogens (tertiary/aromatic N) is 4. The standard InChI is InChI=1S/C24H22N4O5S/c1-15-7-8-16-4-2-6-21(22(16)25-15)34(29,30)28-11-3-5-18(13-28)24-27-26-23(33-24)17-9-10-19-20(12-17)32-14-31-19/h2,4,6-10,12,18H,3,5,11,13-14H2,1H3. The lowest BCUT2D eigenvalue weighted by Crippen LogP contribution is -2.39. The van der Waals surface area contributed by atoms with E-state index in [1.165, 1.54) is 4.31 Å². The highest BCUT2D eigenvalue weighted by Gasteiger charge is 2.34. The third kappa shape index (κ3) is 3.59. The number of aryl methyl sites for hydroxylation is 1. The van der Waals surface area contributed by atoms with Gasteiger partial charge in [-0.15, -0.1) is 10.2 Å². The number of hydrogen-bond donors (Lipinski definition) is 0. The van der Waals surface area contributed by atoms with Crippen LogP contribution < -0.4 is 9.47 Å². The Morgan fingerprint density at radius 3 is 2.82 bits per heavy atom. The molecular weight excluding hydrogens is 456 g/mol. The average molecular weight is 479 g/mol. The van der Waals surface area contributed by atoms with Gasteiger partial charge in [0, 0.05) is 29.7 Å². The number of benzene rings is 2. The van der Waals surface area contributed by atoms with E-state index in [-0.39, 0.29) is 24.2 Å². The number of pyridine rings is 1. The summed E-state index contributed by atoms with van der Waals surface area (Å²) in [5.41, 5.74) is 1.99. The molecule has 4 aromatic rings. The number of piperidine rings is 1. The molecule has 4 heterocycles. The minimum Gasteiger partial charge on any atom is -0.454 e. The van der Waals surface area contributed by atoms with Crippen molar-refractivity contribution in [1.29, 1.82) is 0 Å². The van der Waals surface area contributed by atoms with Crippen LogP contribution in [0.5, 0.6) is 11.5 Å². The Morgan fingerprint density at radius 2 is 1.91 bits per heavy atom. The van der Waals surface area contributed by atoms with E-state index in [2.05, 4.69) is 15.2 Å². The molecule has 2 aliphatic heterocycles. The smallest absolute Gasteiger partial charge is 0.247 e. The van der Waals surface area contributed by atoms with E-state index in [9.17, 15) is 8.42 Å². The molecule has 1 unspecified atom stereocenters. The maximum atomic E-state index is 13.6. The van der Waals surface area contributed by atoms with E-state index < -0.39 is 10.0 Å². The van der Waals surface area contributed by atoms with Gasteiger partial charge in [0.05, 0.1) is 11.4 Å². The summed E-state index contributed by atoms with van der Waals surface area (Å²) in [5, 5.41) is 9.23. The maximum Gasteiger partial charge on any atom is 0.247 e. The molecule has 2 aromatic carbocycles. The summed E-state index contributed by atoms with van der Waals surface area (Å²) in [4.78, 5) is 4.73. The number of para-hydroxylation sites is 1. The van der Waals surface area contributed by atoms with Crippen LogP contribution in [0.25, 0.3) is 22.4 Å². The molecule has 0 aliphatic carbocycles. The first kappa shape index (κ1) is 21.1. The molecule has 10 heteroatoms. The van der Waals surface area contributed by atoms with Gasteiger partial charge in [-0.25, -0.2) is 8.42 Å². The van der Waals surface area contributed by atoms with Gasteiger partial charge >= 0.3 is 0 Å². The fourth-order valence-corrected chi connectivity index (χ4v) is 6.15. The zero-order valence-corrected chi connectivity index (χ0v) is 19.3. The molecule has 0 saturated carbocycles. The molecule has 2 aromatic heterocycles. The fourth-order valence-electron chi connectivity index (χ4n) is 4.47. The molecule has 0 N–H and O–H groups in total. The van der Waals surface area contributed by atoms with Gasteiger partial charge in [0.25, 0.3) is 0 Å². The average Bonchev–Trinajstić information content (AvgIpc) is 3.53. The number of aromatic nitrogens is 3. The molecule has 0 bridgehead atoms. The number of hydrogen-bond acceptors (Lipinski definition) is 8. The second kappa shape index (κ2) is 8.07. The predicted molar refractivity (Wildman–Crippen MR) is 123 cm³/mol. The molecule has 34 heavy (non-hydrogen) atoms. The van der Waals surface area contributed by atoms with Gasteiger partial charge < -0.3 is 13.9 Å². The molecular formula is C24H22N4O5S. The van der Waals surface area contributed by atoms with Crippen molar-refractivity contribution in [2.45, 2.75) is 30.6 Å². The van der Waals surface area contributed by atoms with E-state index in [1.807, 2.05) is 31.2 Å². The predicted octanol–water partition coefficient (Wildman–Crippen LogP) is 3.89. The molecule has 0 radical (unpaired) electrons. The Bertz CT molecular complexity index is 1500. The minimum atomic E-state index is -3.75. The van der Waals surface area contributed by atoms with E-state index in [1.54, 1.807) is 24.3 Å². The molecule has 174 valence electrons. The number of sulfonamides is 1.